The smallest absolute Gasteiger partial charge is 0.408 e. The van der Waals surface area contributed by atoms with E-state index in [1.54, 1.807) is 0 Å². The number of allylic oxidation sites excluding steroid dienone is 1. The van der Waals surface area contributed by atoms with Gasteiger partial charge in [-0.2, -0.15) is 4.68 Å². The van der Waals surface area contributed by atoms with Crippen molar-refractivity contribution in [3.63, 3.8) is 0 Å². The Hall–Kier alpha value is -1.89. The monoisotopic (exact) mass is 245 g/mol. The van der Waals surface area contributed by atoms with Crippen molar-refractivity contribution >= 4 is 23.4 Å². The number of carboxylic acid groups (broad SMARTS) is 1. The van der Waals surface area contributed by atoms with E-state index in [0.29, 0.717) is 0 Å². The second kappa shape index (κ2) is 4.75. The minimum Gasteiger partial charge on any atom is -0.478 e. The average molecular weight is 246 g/mol. The van der Waals surface area contributed by atoms with E-state index >= 15 is 0 Å². The molecule has 1 rings (SSSR count). The number of rotatable bonds is 4. The lowest BCUT2D eigenvalue weighted by Gasteiger charge is -1.92. The number of aliphatic carboxylic acids is 1. The number of nitro groups is 1. The van der Waals surface area contributed by atoms with Gasteiger partial charge in [0.15, 0.2) is 5.02 Å². The lowest BCUT2D eigenvalue weighted by atomic mass is 10.3. The van der Waals surface area contributed by atoms with Crippen LogP contribution in [0.25, 0.3) is 0 Å². The first kappa shape index (κ1) is 12.2. The van der Waals surface area contributed by atoms with Crippen LogP contribution in [-0.2, 0) is 11.3 Å². The quantitative estimate of drug-likeness (QED) is 0.492. The topological polar surface area (TPSA) is 98.3 Å². The molecule has 1 N–H and O–H groups in total. The summed E-state index contributed by atoms with van der Waals surface area (Å²) in [6.07, 6.45) is 2.65. The van der Waals surface area contributed by atoms with Crippen molar-refractivity contribution < 1.29 is 14.8 Å². The molecule has 0 aliphatic rings. The van der Waals surface area contributed by atoms with E-state index in [1.807, 2.05) is 0 Å². The van der Waals surface area contributed by atoms with Crippen LogP contribution in [0.3, 0.4) is 0 Å². The van der Waals surface area contributed by atoms with E-state index in [0.717, 1.165) is 0 Å². The van der Waals surface area contributed by atoms with Gasteiger partial charge in [0.05, 0.1) is 17.8 Å². The SMILES string of the molecule is CC(=CCn1cc(Cl)c([N+](=O)[O-])n1)C(=O)O. The third-order valence-corrected chi connectivity index (χ3v) is 2.06. The first-order valence-corrected chi connectivity index (χ1v) is 4.57. The molecular weight excluding hydrogens is 238 g/mol. The van der Waals surface area contributed by atoms with Gasteiger partial charge in [-0.25, -0.2) is 4.79 Å². The summed E-state index contributed by atoms with van der Waals surface area (Å²) in [7, 11) is 0. The van der Waals surface area contributed by atoms with E-state index < -0.39 is 16.7 Å². The summed E-state index contributed by atoms with van der Waals surface area (Å²) in [5.41, 5.74) is 0.134. The Balaban J connectivity index is 2.84. The maximum absolute atomic E-state index is 10.5. The van der Waals surface area contributed by atoms with Crippen molar-refractivity contribution in [3.8, 4) is 0 Å². The fraction of sp³-hybridized carbons (Fsp3) is 0.250. The molecule has 16 heavy (non-hydrogen) atoms. The number of aromatic nitrogens is 2. The van der Waals surface area contributed by atoms with E-state index in [-0.39, 0.29) is 17.1 Å². The van der Waals surface area contributed by atoms with Crippen LogP contribution in [-0.4, -0.2) is 25.8 Å². The van der Waals surface area contributed by atoms with Gasteiger partial charge in [-0.05, 0) is 11.8 Å². The highest BCUT2D eigenvalue weighted by atomic mass is 35.5. The largest absolute Gasteiger partial charge is 0.478 e. The number of carboxylic acids is 1. The fourth-order valence-corrected chi connectivity index (χ4v) is 1.14. The molecule has 0 radical (unpaired) electrons. The highest BCUT2D eigenvalue weighted by Gasteiger charge is 2.18. The lowest BCUT2D eigenvalue weighted by molar-refractivity contribution is -0.389. The zero-order chi connectivity index (χ0) is 12.3. The Kier molecular flexibility index (Phi) is 3.62. The van der Waals surface area contributed by atoms with Crippen LogP contribution >= 0.6 is 11.6 Å². The molecule has 0 aromatic carbocycles. The molecule has 1 heterocycles. The molecule has 1 aromatic rings. The molecular formula is C8H8ClN3O4. The fourth-order valence-electron chi connectivity index (χ4n) is 0.922. The number of halogens is 1. The molecule has 8 heteroatoms. The van der Waals surface area contributed by atoms with Crippen LogP contribution < -0.4 is 0 Å². The van der Waals surface area contributed by atoms with Crippen LogP contribution in [0.5, 0.6) is 0 Å². The molecule has 7 nitrogen and oxygen atoms in total. The van der Waals surface area contributed by atoms with Gasteiger partial charge in [-0.1, -0.05) is 17.7 Å². The first-order valence-electron chi connectivity index (χ1n) is 4.19. The van der Waals surface area contributed by atoms with Crippen molar-refractivity contribution in [1.29, 1.82) is 0 Å². The number of carbonyl (C=O) groups is 1. The zero-order valence-electron chi connectivity index (χ0n) is 8.25. The molecule has 1 aromatic heterocycles. The maximum atomic E-state index is 10.5. The third kappa shape index (κ3) is 2.80. The Morgan fingerprint density at radius 3 is 2.88 bits per heavy atom. The molecule has 0 saturated carbocycles. The van der Waals surface area contributed by atoms with Gasteiger partial charge in [0, 0.05) is 5.57 Å². The molecule has 86 valence electrons. The summed E-state index contributed by atoms with van der Waals surface area (Å²) in [5, 5.41) is 22.5. The molecule has 0 amide bonds. The minimum atomic E-state index is -1.05. The summed E-state index contributed by atoms with van der Waals surface area (Å²) in [6, 6.07) is 0. The van der Waals surface area contributed by atoms with Gasteiger partial charge in [0.1, 0.15) is 0 Å². The Morgan fingerprint density at radius 1 is 1.81 bits per heavy atom. The predicted octanol–water partition coefficient (Wildman–Crippen LogP) is 1.48. The third-order valence-electron chi connectivity index (χ3n) is 1.79. The zero-order valence-corrected chi connectivity index (χ0v) is 9.01. The van der Waals surface area contributed by atoms with Crippen LogP contribution in [0.15, 0.2) is 17.8 Å². The van der Waals surface area contributed by atoms with Crippen molar-refractivity contribution in [1.82, 2.24) is 9.78 Å². The van der Waals surface area contributed by atoms with Crippen LogP contribution in [0, 0.1) is 10.1 Å². The molecule has 0 aliphatic heterocycles. The number of hydrogen-bond donors (Lipinski definition) is 1. The van der Waals surface area contributed by atoms with Crippen molar-refractivity contribution in [2.75, 3.05) is 0 Å². The first-order chi connectivity index (χ1) is 7.41. The van der Waals surface area contributed by atoms with Crippen molar-refractivity contribution in [2.24, 2.45) is 0 Å². The molecule has 0 spiro atoms. The average Bonchev–Trinajstić information content (AvgIpc) is 2.56. The Labute approximate surface area is 95.1 Å². The van der Waals surface area contributed by atoms with Crippen molar-refractivity contribution in [2.45, 2.75) is 13.5 Å². The Bertz CT molecular complexity index is 466. The standard InChI is InChI=1S/C8H8ClN3O4/c1-5(8(13)14)2-3-11-4-6(9)7(10-11)12(15)16/h2,4H,3H2,1H3,(H,13,14). The number of hydrogen-bond acceptors (Lipinski definition) is 4. The molecule has 0 aliphatic carbocycles. The molecule has 0 atom stereocenters. The molecule has 0 bridgehead atoms. The van der Waals surface area contributed by atoms with E-state index in [2.05, 4.69) is 5.10 Å². The second-order valence-corrected chi connectivity index (χ2v) is 3.38. The van der Waals surface area contributed by atoms with Gasteiger partial charge >= 0.3 is 11.8 Å². The predicted molar refractivity (Wildman–Crippen MR) is 55.3 cm³/mol. The van der Waals surface area contributed by atoms with Crippen molar-refractivity contribution in [3.05, 3.63) is 33.0 Å². The highest BCUT2D eigenvalue weighted by Crippen LogP contribution is 2.21. The van der Waals surface area contributed by atoms with Gasteiger partial charge < -0.3 is 15.2 Å². The normalized spacial score (nSPS) is 11.5. The number of nitrogens with zero attached hydrogens (tertiary/aromatic N) is 3. The summed E-state index contributed by atoms with van der Waals surface area (Å²) < 4.78 is 1.20. The molecule has 0 saturated heterocycles. The van der Waals surface area contributed by atoms with E-state index in [1.165, 1.54) is 23.9 Å². The molecule has 0 fully saturated rings. The van der Waals surface area contributed by atoms with E-state index in [4.69, 9.17) is 16.7 Å². The minimum absolute atomic E-state index is 0.0774. The summed E-state index contributed by atoms with van der Waals surface area (Å²) >= 11 is 5.56. The van der Waals surface area contributed by atoms with Crippen LogP contribution in [0.4, 0.5) is 5.82 Å². The van der Waals surface area contributed by atoms with Gasteiger partial charge in [0.2, 0.25) is 0 Å². The molecule has 0 unspecified atom stereocenters. The summed E-state index contributed by atoms with van der Waals surface area (Å²) in [4.78, 5) is 20.2. The van der Waals surface area contributed by atoms with Gasteiger partial charge in [0.25, 0.3) is 0 Å². The summed E-state index contributed by atoms with van der Waals surface area (Å²) in [6.45, 7) is 1.54. The maximum Gasteiger partial charge on any atom is 0.408 e. The summed E-state index contributed by atoms with van der Waals surface area (Å²) in [5.74, 6) is -1.49. The van der Waals surface area contributed by atoms with Crippen LogP contribution in [0.2, 0.25) is 5.02 Å². The van der Waals surface area contributed by atoms with E-state index in [9.17, 15) is 14.9 Å². The lowest BCUT2D eigenvalue weighted by Crippen LogP contribution is -2.01. The Morgan fingerprint density at radius 2 is 2.44 bits per heavy atom. The van der Waals surface area contributed by atoms with Crippen LogP contribution in [0.1, 0.15) is 6.92 Å². The highest BCUT2D eigenvalue weighted by molar-refractivity contribution is 6.32. The second-order valence-electron chi connectivity index (χ2n) is 2.97. The van der Waals surface area contributed by atoms with Gasteiger partial charge in [-0.15, -0.1) is 0 Å². The van der Waals surface area contributed by atoms with Gasteiger partial charge in [-0.3, -0.25) is 0 Å².